The Balaban J connectivity index is 1.76. The number of nitrogens with zero attached hydrogens (tertiary/aromatic N) is 2. The number of benzene rings is 1. The predicted octanol–water partition coefficient (Wildman–Crippen LogP) is 3.13. The summed E-state index contributed by atoms with van der Waals surface area (Å²) in [6.07, 6.45) is 1.44. The van der Waals surface area contributed by atoms with Gasteiger partial charge in [-0.3, -0.25) is 9.59 Å². The van der Waals surface area contributed by atoms with Crippen LogP contribution in [0, 0.1) is 0 Å². The maximum absolute atomic E-state index is 13.4. The number of aromatic nitrogens is 2. The number of fused-ring (bicyclic) bond motifs is 2. The first-order chi connectivity index (χ1) is 17.8. The van der Waals surface area contributed by atoms with Crippen molar-refractivity contribution < 1.29 is 28.7 Å². The zero-order valence-electron chi connectivity index (χ0n) is 22.5. The Morgan fingerprint density at radius 2 is 1.05 bits per heavy atom. The number of ether oxygens (including phenoxy) is 2. The third-order valence-corrected chi connectivity index (χ3v) is 5.10. The second kappa shape index (κ2) is 11.4. The van der Waals surface area contributed by atoms with E-state index in [1.165, 1.54) is 12.4 Å². The van der Waals surface area contributed by atoms with E-state index < -0.39 is 23.4 Å². The van der Waals surface area contributed by atoms with E-state index >= 15 is 0 Å². The van der Waals surface area contributed by atoms with Crippen LogP contribution in [0.25, 0.3) is 0 Å². The molecular weight excluding hydrogens is 492 g/mol. The van der Waals surface area contributed by atoms with Crippen molar-refractivity contribution in [1.82, 2.24) is 20.8 Å². The quantitative estimate of drug-likeness (QED) is 0.321. The van der Waals surface area contributed by atoms with Crippen LogP contribution >= 0.6 is 0 Å². The molecule has 2 aromatic rings. The molecule has 3 rings (SSSR count). The molecule has 0 atom stereocenters. The molecule has 1 aliphatic carbocycles. The number of carbonyl (C=O) groups is 4. The van der Waals surface area contributed by atoms with Gasteiger partial charge in [0.25, 0.3) is 0 Å². The van der Waals surface area contributed by atoms with Gasteiger partial charge in [0.15, 0.2) is 11.6 Å². The monoisotopic (exact) mass is 526 g/mol. The highest BCUT2D eigenvalue weighted by Crippen LogP contribution is 2.36. The number of hydrogen-bond donors (Lipinski definition) is 4. The molecule has 0 fully saturated rings. The van der Waals surface area contributed by atoms with Gasteiger partial charge in [0.2, 0.25) is 0 Å². The van der Waals surface area contributed by atoms with Crippen molar-refractivity contribution in [1.29, 1.82) is 0 Å². The smallest absolute Gasteiger partial charge is 0.407 e. The molecule has 1 aromatic carbocycles. The number of ketones is 2. The molecule has 1 aromatic heterocycles. The summed E-state index contributed by atoms with van der Waals surface area (Å²) in [7, 11) is 0. The molecule has 204 valence electrons. The van der Waals surface area contributed by atoms with Gasteiger partial charge in [0.1, 0.15) is 11.2 Å². The van der Waals surface area contributed by atoms with Crippen molar-refractivity contribution in [2.24, 2.45) is 0 Å². The van der Waals surface area contributed by atoms with Crippen molar-refractivity contribution in [3.63, 3.8) is 0 Å². The lowest BCUT2D eigenvalue weighted by molar-refractivity contribution is 0.0518. The van der Waals surface area contributed by atoms with Gasteiger partial charge in [-0.1, -0.05) is 0 Å². The molecule has 1 heterocycles. The van der Waals surface area contributed by atoms with E-state index in [1.54, 1.807) is 53.7 Å². The highest BCUT2D eigenvalue weighted by molar-refractivity contribution is 6.31. The molecule has 4 N–H and O–H groups in total. The second-order valence-corrected chi connectivity index (χ2v) is 10.6. The van der Waals surface area contributed by atoms with Gasteiger partial charge in [-0.05, 0) is 53.7 Å². The highest BCUT2D eigenvalue weighted by Gasteiger charge is 2.34. The summed E-state index contributed by atoms with van der Waals surface area (Å²) in [5.41, 5.74) is 0.340. The van der Waals surface area contributed by atoms with Crippen molar-refractivity contribution in [3.05, 3.63) is 46.8 Å². The van der Waals surface area contributed by atoms with E-state index in [-0.39, 0.29) is 60.0 Å². The SMILES string of the molecule is CC(C)(C)OC(=O)NCCNc1ccc(NCCNC(=O)OC(C)(C)C)c2c1C(=O)c1cnncc1C2=O. The van der Waals surface area contributed by atoms with Crippen LogP contribution in [0.15, 0.2) is 24.5 Å². The molecule has 38 heavy (non-hydrogen) atoms. The number of hydrogen-bond acceptors (Lipinski definition) is 10. The van der Waals surface area contributed by atoms with Gasteiger partial charge < -0.3 is 30.7 Å². The topological polar surface area (TPSA) is 161 Å². The van der Waals surface area contributed by atoms with Crippen molar-refractivity contribution in [3.8, 4) is 0 Å². The van der Waals surface area contributed by atoms with Gasteiger partial charge >= 0.3 is 12.2 Å². The van der Waals surface area contributed by atoms with Gasteiger partial charge in [0.05, 0.1) is 34.6 Å². The summed E-state index contributed by atoms with van der Waals surface area (Å²) >= 11 is 0. The minimum atomic E-state index is -0.620. The Kier molecular flexibility index (Phi) is 8.54. The number of alkyl carbamates (subject to hydrolysis) is 2. The molecule has 0 spiro atoms. The Morgan fingerprint density at radius 3 is 1.39 bits per heavy atom. The highest BCUT2D eigenvalue weighted by atomic mass is 16.6. The van der Waals surface area contributed by atoms with E-state index in [9.17, 15) is 19.2 Å². The number of carbonyl (C=O) groups excluding carboxylic acids is 4. The average molecular weight is 527 g/mol. The van der Waals surface area contributed by atoms with Gasteiger partial charge in [-0.2, -0.15) is 10.2 Å². The van der Waals surface area contributed by atoms with Crippen LogP contribution in [0.5, 0.6) is 0 Å². The standard InChI is InChI=1S/C26H34N6O6/c1-25(2,3)37-23(35)29-11-9-27-17-7-8-18(28-10-12-30-24(36)38-26(4,5)6)20-19(17)21(33)15-13-31-32-14-16(15)22(20)34/h7-8,13-14,27-28H,9-12H2,1-6H3,(H,29,35)(H,30,36). The van der Waals surface area contributed by atoms with Crippen LogP contribution in [0.2, 0.25) is 0 Å². The van der Waals surface area contributed by atoms with Gasteiger partial charge in [-0.15, -0.1) is 0 Å². The maximum Gasteiger partial charge on any atom is 0.407 e. The Labute approximate surface area is 221 Å². The normalized spacial score (nSPS) is 12.7. The lowest BCUT2D eigenvalue weighted by Gasteiger charge is -2.24. The fourth-order valence-corrected chi connectivity index (χ4v) is 3.67. The zero-order chi connectivity index (χ0) is 28.1. The second-order valence-electron chi connectivity index (χ2n) is 10.6. The third-order valence-electron chi connectivity index (χ3n) is 5.10. The molecule has 12 heteroatoms. The lowest BCUT2D eigenvalue weighted by Crippen LogP contribution is -2.35. The molecule has 0 bridgehead atoms. The van der Waals surface area contributed by atoms with Crippen LogP contribution in [0.3, 0.4) is 0 Å². The lowest BCUT2D eigenvalue weighted by atomic mass is 9.83. The first kappa shape index (κ1) is 28.4. The van der Waals surface area contributed by atoms with Crippen LogP contribution in [0.1, 0.15) is 73.4 Å². The first-order valence-corrected chi connectivity index (χ1v) is 12.3. The predicted molar refractivity (Wildman–Crippen MR) is 141 cm³/mol. The van der Waals surface area contributed by atoms with Crippen molar-refractivity contribution >= 4 is 35.1 Å². The molecule has 2 amide bonds. The maximum atomic E-state index is 13.4. The number of amides is 2. The Morgan fingerprint density at radius 1 is 0.684 bits per heavy atom. The summed E-state index contributed by atoms with van der Waals surface area (Å²) in [5.74, 6) is -0.745. The molecule has 1 aliphatic rings. The molecule has 0 radical (unpaired) electrons. The minimum Gasteiger partial charge on any atom is -0.444 e. The number of rotatable bonds is 8. The van der Waals surface area contributed by atoms with Crippen LogP contribution < -0.4 is 21.3 Å². The summed E-state index contributed by atoms with van der Waals surface area (Å²) < 4.78 is 10.4. The van der Waals surface area contributed by atoms with Crippen molar-refractivity contribution in [2.75, 3.05) is 36.8 Å². The van der Waals surface area contributed by atoms with E-state index in [1.807, 2.05) is 0 Å². The van der Waals surface area contributed by atoms with Crippen molar-refractivity contribution in [2.45, 2.75) is 52.7 Å². The first-order valence-electron chi connectivity index (χ1n) is 12.3. The largest absolute Gasteiger partial charge is 0.444 e. The van der Waals surface area contributed by atoms with E-state index in [0.29, 0.717) is 11.4 Å². The molecule has 0 aliphatic heterocycles. The van der Waals surface area contributed by atoms with Crippen LogP contribution in [-0.4, -0.2) is 71.3 Å². The molecular formula is C26H34N6O6. The van der Waals surface area contributed by atoms with Crippen LogP contribution in [0.4, 0.5) is 21.0 Å². The Bertz CT molecular complexity index is 1140. The van der Waals surface area contributed by atoms with E-state index in [4.69, 9.17) is 9.47 Å². The van der Waals surface area contributed by atoms with Crippen LogP contribution in [-0.2, 0) is 9.47 Å². The summed E-state index contributed by atoms with van der Waals surface area (Å²) in [6, 6.07) is 3.36. The number of anilines is 2. The number of nitrogens with one attached hydrogen (secondary N) is 4. The van der Waals surface area contributed by atoms with Gasteiger partial charge in [0, 0.05) is 37.6 Å². The third kappa shape index (κ3) is 7.40. The molecule has 0 unspecified atom stereocenters. The zero-order valence-corrected chi connectivity index (χ0v) is 22.5. The average Bonchev–Trinajstić information content (AvgIpc) is 2.81. The fourth-order valence-electron chi connectivity index (χ4n) is 3.67. The molecule has 0 saturated carbocycles. The summed E-state index contributed by atoms with van der Waals surface area (Å²) in [4.78, 5) is 50.7. The Hall–Kier alpha value is -4.22. The van der Waals surface area contributed by atoms with E-state index in [0.717, 1.165) is 0 Å². The van der Waals surface area contributed by atoms with Gasteiger partial charge in [-0.25, -0.2) is 9.59 Å². The summed E-state index contributed by atoms with van der Waals surface area (Å²) in [6.45, 7) is 11.6. The molecule has 12 nitrogen and oxygen atoms in total. The van der Waals surface area contributed by atoms with E-state index in [2.05, 4.69) is 31.5 Å². The minimum absolute atomic E-state index is 0.163. The summed E-state index contributed by atoms with van der Waals surface area (Å²) in [5, 5.41) is 19.1. The molecule has 0 saturated heterocycles. The fraction of sp³-hybridized carbons (Fsp3) is 0.462.